The Kier molecular flexibility index (Phi) is 12.8. The van der Waals surface area contributed by atoms with Crippen molar-refractivity contribution in [2.75, 3.05) is 55.9 Å². The highest BCUT2D eigenvalue weighted by Crippen LogP contribution is 2.33. The number of anilines is 2. The van der Waals surface area contributed by atoms with Crippen molar-refractivity contribution in [1.29, 1.82) is 0 Å². The molecule has 8 heterocycles. The van der Waals surface area contributed by atoms with Crippen molar-refractivity contribution in [3.05, 3.63) is 72.3 Å². The Morgan fingerprint density at radius 1 is 0.786 bits per heavy atom. The van der Waals surface area contributed by atoms with E-state index < -0.39 is 8.07 Å². The van der Waals surface area contributed by atoms with E-state index in [4.69, 9.17) is 52.4 Å². The molecule has 6 aromatic heterocycles. The Hall–Kier alpha value is -4.18. The zero-order chi connectivity index (χ0) is 39.2. The number of H-pyrrole nitrogens is 1. The molecule has 0 saturated carbocycles. The maximum atomic E-state index is 6.36. The number of fused-ring (bicyclic) bond motifs is 2. The molecule has 0 spiro atoms. The molecule has 2 saturated heterocycles. The van der Waals surface area contributed by atoms with Gasteiger partial charge in [-0.2, -0.15) is 10.2 Å². The minimum absolute atomic E-state index is 0.252. The van der Waals surface area contributed by atoms with E-state index in [1.165, 1.54) is 0 Å². The van der Waals surface area contributed by atoms with E-state index in [0.29, 0.717) is 44.9 Å². The van der Waals surface area contributed by atoms with Gasteiger partial charge in [0.15, 0.2) is 0 Å². The van der Waals surface area contributed by atoms with E-state index in [2.05, 4.69) is 75.7 Å². The average Bonchev–Trinajstić information content (AvgIpc) is 3.92. The van der Waals surface area contributed by atoms with Gasteiger partial charge in [0.1, 0.15) is 40.8 Å². The summed E-state index contributed by atoms with van der Waals surface area (Å²) in [6.45, 7) is 16.9. The molecule has 0 radical (unpaired) electrons. The molecule has 0 amide bonds. The van der Waals surface area contributed by atoms with Crippen LogP contribution in [0.4, 0.5) is 11.6 Å². The molecule has 16 heteroatoms. The van der Waals surface area contributed by atoms with E-state index >= 15 is 0 Å². The third kappa shape index (κ3) is 9.01. The summed E-state index contributed by atoms with van der Waals surface area (Å²) in [5.41, 5.74) is 7.11. The minimum atomic E-state index is -1.14. The smallest absolute Gasteiger partial charge is 0.140 e. The summed E-state index contributed by atoms with van der Waals surface area (Å²) in [5, 5.41) is 13.5. The van der Waals surface area contributed by atoms with Crippen LogP contribution < -0.4 is 9.80 Å². The van der Waals surface area contributed by atoms with Gasteiger partial charge in [-0.3, -0.25) is 15.1 Å². The highest BCUT2D eigenvalue weighted by Gasteiger charge is 2.24. The van der Waals surface area contributed by atoms with Gasteiger partial charge < -0.3 is 24.0 Å². The summed E-state index contributed by atoms with van der Waals surface area (Å²) in [7, 11) is -1.14. The largest absolute Gasteiger partial charge is 0.377 e. The number of hydrogen-bond acceptors (Lipinski definition) is 11. The summed E-state index contributed by atoms with van der Waals surface area (Å²) in [5.74, 6) is 2.67. The zero-order valence-corrected chi connectivity index (χ0v) is 35.2. The van der Waals surface area contributed by atoms with Gasteiger partial charge in [0.25, 0.3) is 0 Å². The van der Waals surface area contributed by atoms with Crippen LogP contribution in [0.25, 0.3) is 44.6 Å². The number of ether oxygens (including phenoxy) is 3. The number of rotatable bonds is 11. The third-order valence-electron chi connectivity index (χ3n) is 10.1. The lowest BCUT2D eigenvalue weighted by atomic mass is 10.1. The first-order valence-electron chi connectivity index (χ1n) is 19.1. The second-order valence-corrected chi connectivity index (χ2v) is 21.6. The van der Waals surface area contributed by atoms with Crippen LogP contribution >= 0.6 is 23.2 Å². The fourth-order valence-electron chi connectivity index (χ4n) is 7.00. The number of aromatic amines is 1. The van der Waals surface area contributed by atoms with Crippen molar-refractivity contribution in [3.63, 3.8) is 0 Å². The maximum Gasteiger partial charge on any atom is 0.140 e. The molecule has 0 bridgehead atoms. The predicted octanol–water partition coefficient (Wildman–Crippen LogP) is 7.75. The van der Waals surface area contributed by atoms with Gasteiger partial charge >= 0.3 is 0 Å². The molecule has 2 aliphatic heterocycles. The predicted molar refractivity (Wildman–Crippen MR) is 226 cm³/mol. The summed E-state index contributed by atoms with van der Waals surface area (Å²) in [6.07, 6.45) is 7.10. The molecule has 2 aliphatic rings. The van der Waals surface area contributed by atoms with Crippen LogP contribution in [-0.2, 0) is 32.7 Å². The van der Waals surface area contributed by atoms with Crippen LogP contribution in [0.1, 0.15) is 25.0 Å². The van der Waals surface area contributed by atoms with Gasteiger partial charge in [0.2, 0.25) is 0 Å². The Morgan fingerprint density at radius 2 is 1.38 bits per heavy atom. The lowest BCUT2D eigenvalue weighted by molar-refractivity contribution is 0.0797. The normalized spacial score (nSPS) is 17.7. The lowest BCUT2D eigenvalue weighted by Gasteiger charge is -2.34. The molecule has 0 aliphatic carbocycles. The first-order chi connectivity index (χ1) is 27.1. The number of nitrogens with zero attached hydrogens (tertiary/aromatic N) is 9. The fraction of sp³-hybridized carbons (Fsp3) is 0.450. The number of halogens is 2. The molecular formula is C40H50Cl2N10O3Si. The summed E-state index contributed by atoms with van der Waals surface area (Å²) >= 11 is 12.6. The van der Waals surface area contributed by atoms with Gasteiger partial charge in [-0.05, 0) is 67.4 Å². The molecule has 56 heavy (non-hydrogen) atoms. The van der Waals surface area contributed by atoms with Gasteiger partial charge in [-0.1, -0.05) is 19.6 Å². The van der Waals surface area contributed by atoms with E-state index in [0.717, 1.165) is 93.1 Å². The number of hydrogen-bond donors (Lipinski definition) is 1. The van der Waals surface area contributed by atoms with E-state index in [-0.39, 0.29) is 12.1 Å². The highest BCUT2D eigenvalue weighted by atomic mass is 35.5. The Balaban J connectivity index is 0.000000178. The monoisotopic (exact) mass is 816 g/mol. The second-order valence-electron chi connectivity index (χ2n) is 15.4. The SMILES string of the molecule is C[C@@H]1COCCN1c1cc(CCl)c2ccnc(-c3ccn[nH]3)c2n1.C[C@@H]1COCCN1c1cc(CCl)c2ccnc(-c3ccnn3COCC[Si](C)(C)C)c2n1. The molecule has 0 unspecified atom stereocenters. The van der Waals surface area contributed by atoms with Crippen molar-refractivity contribution in [2.24, 2.45) is 0 Å². The van der Waals surface area contributed by atoms with Gasteiger partial charge in [-0.15, -0.1) is 23.2 Å². The maximum absolute atomic E-state index is 6.36. The average molecular weight is 818 g/mol. The molecule has 6 aromatic rings. The molecular weight excluding hydrogens is 767 g/mol. The number of nitrogens with one attached hydrogen (secondary N) is 1. The van der Waals surface area contributed by atoms with E-state index in [9.17, 15) is 0 Å². The summed E-state index contributed by atoms with van der Waals surface area (Å²) < 4.78 is 19.0. The third-order valence-corrected chi connectivity index (χ3v) is 12.4. The Labute approximate surface area is 338 Å². The summed E-state index contributed by atoms with van der Waals surface area (Å²) in [4.78, 5) is 23.7. The van der Waals surface area contributed by atoms with E-state index in [1.807, 2.05) is 35.1 Å². The number of morpholine rings is 2. The van der Waals surface area contributed by atoms with Gasteiger partial charge in [-0.25, -0.2) is 14.6 Å². The van der Waals surface area contributed by atoms with Crippen LogP contribution in [0.15, 0.2) is 61.2 Å². The van der Waals surface area contributed by atoms with Crippen LogP contribution in [-0.4, -0.2) is 106 Å². The zero-order valence-electron chi connectivity index (χ0n) is 32.7. The fourth-order valence-corrected chi connectivity index (χ4v) is 8.20. The van der Waals surface area contributed by atoms with Crippen LogP contribution in [0, 0.1) is 0 Å². The van der Waals surface area contributed by atoms with Gasteiger partial charge in [0, 0.05) is 75.1 Å². The highest BCUT2D eigenvalue weighted by molar-refractivity contribution is 6.76. The molecule has 13 nitrogen and oxygen atoms in total. The molecule has 1 N–H and O–H groups in total. The Bertz CT molecular complexity index is 2230. The molecule has 8 rings (SSSR count). The van der Waals surface area contributed by atoms with Crippen molar-refractivity contribution in [1.82, 2.24) is 39.9 Å². The first-order valence-corrected chi connectivity index (χ1v) is 23.9. The standard InChI is InChI=1S/C23H32ClN5O2Si.C17H18ClN5O/c1-17-15-30-10-9-28(17)21-13-18(14-24)19-5-7-25-23(22(19)27-21)20-6-8-26-29(20)16-31-11-12-32(2,3)4;1-11-10-24-7-6-23(11)15-8-12(9-18)13-2-4-19-17(16(13)21-15)14-3-5-20-22-14/h5-8,13,17H,9-12,14-16H2,1-4H3;2-5,8,11H,6-7,9-10H2,1H3,(H,20,22)/t17-;11-/m11/s1. The van der Waals surface area contributed by atoms with Crippen molar-refractivity contribution >= 4 is 64.7 Å². The van der Waals surface area contributed by atoms with Crippen LogP contribution in [0.5, 0.6) is 0 Å². The molecule has 2 fully saturated rings. The minimum Gasteiger partial charge on any atom is -0.377 e. The van der Waals surface area contributed by atoms with Crippen molar-refractivity contribution in [3.8, 4) is 22.8 Å². The Morgan fingerprint density at radius 3 is 1.91 bits per heavy atom. The van der Waals surface area contributed by atoms with E-state index in [1.54, 1.807) is 18.6 Å². The molecule has 0 aromatic carbocycles. The lowest BCUT2D eigenvalue weighted by Crippen LogP contribution is -2.44. The number of pyridine rings is 4. The van der Waals surface area contributed by atoms with Crippen LogP contribution in [0.3, 0.4) is 0 Å². The first kappa shape index (κ1) is 40.0. The molecule has 296 valence electrons. The van der Waals surface area contributed by atoms with Crippen molar-refractivity contribution < 1.29 is 14.2 Å². The van der Waals surface area contributed by atoms with Gasteiger partial charge in [0.05, 0.1) is 49.9 Å². The number of aromatic nitrogens is 8. The topological polar surface area (TPSA) is 132 Å². The number of alkyl halides is 2. The summed E-state index contributed by atoms with van der Waals surface area (Å²) in [6, 6.07) is 13.6. The second kappa shape index (κ2) is 18.0. The molecule has 2 atom stereocenters. The van der Waals surface area contributed by atoms with Crippen LogP contribution in [0.2, 0.25) is 25.7 Å². The van der Waals surface area contributed by atoms with Crippen molar-refractivity contribution in [2.45, 2.75) is 70.1 Å². The quantitative estimate of drug-likeness (QED) is 0.0782.